The number of aryl methyl sites for hydroxylation is 1. The van der Waals surface area contributed by atoms with Crippen molar-refractivity contribution in [1.29, 1.82) is 0 Å². The molecule has 0 aromatic heterocycles. The molecule has 0 spiro atoms. The number of rotatable bonds is 4. The first-order valence-electron chi connectivity index (χ1n) is 5.96. The van der Waals surface area contributed by atoms with E-state index < -0.39 is 0 Å². The van der Waals surface area contributed by atoms with Gasteiger partial charge in [0.25, 0.3) is 0 Å². The van der Waals surface area contributed by atoms with Crippen LogP contribution in [0, 0.1) is 11.2 Å². The molecule has 0 bridgehead atoms. The van der Waals surface area contributed by atoms with Gasteiger partial charge in [-0.25, -0.2) is 4.39 Å². The summed E-state index contributed by atoms with van der Waals surface area (Å²) >= 11 is 5.73. The Kier molecular flexibility index (Phi) is 4.96. The number of halogens is 2. The third-order valence-electron chi connectivity index (χ3n) is 3.11. The van der Waals surface area contributed by atoms with Gasteiger partial charge >= 0.3 is 0 Å². The van der Waals surface area contributed by atoms with E-state index in [2.05, 4.69) is 26.1 Å². The minimum Gasteiger partial charge on any atom is -0.316 e. The zero-order valence-electron chi connectivity index (χ0n) is 11.0. The van der Waals surface area contributed by atoms with Crippen molar-refractivity contribution < 1.29 is 4.39 Å². The lowest BCUT2D eigenvalue weighted by Gasteiger charge is -2.30. The summed E-state index contributed by atoms with van der Waals surface area (Å²) in [6.07, 6.45) is 1.64. The van der Waals surface area contributed by atoms with Crippen molar-refractivity contribution in [3.63, 3.8) is 0 Å². The van der Waals surface area contributed by atoms with Gasteiger partial charge in [-0.3, -0.25) is 0 Å². The van der Waals surface area contributed by atoms with E-state index in [-0.39, 0.29) is 11.2 Å². The standard InChI is InChI=1S/C14H21ClFN/c1-14(2,3)13(17-4)8-6-10-5-7-11(15)9-12(10)16/h5,7,9,13,17H,6,8H2,1-4H3. The van der Waals surface area contributed by atoms with Crippen LogP contribution in [0.1, 0.15) is 32.8 Å². The largest absolute Gasteiger partial charge is 0.316 e. The molecule has 0 aliphatic carbocycles. The molecular formula is C14H21ClFN. The Bertz CT molecular complexity index is 371. The molecule has 1 atom stereocenters. The molecule has 0 aliphatic heterocycles. The van der Waals surface area contributed by atoms with Gasteiger partial charge in [-0.05, 0) is 43.0 Å². The van der Waals surface area contributed by atoms with Crippen LogP contribution < -0.4 is 5.32 Å². The van der Waals surface area contributed by atoms with E-state index in [1.807, 2.05) is 7.05 Å². The lowest BCUT2D eigenvalue weighted by molar-refractivity contribution is 0.267. The van der Waals surface area contributed by atoms with Gasteiger partial charge in [0.2, 0.25) is 0 Å². The van der Waals surface area contributed by atoms with Crippen molar-refractivity contribution in [3.8, 4) is 0 Å². The predicted octanol–water partition coefficient (Wildman–Crippen LogP) is 4.05. The highest BCUT2D eigenvalue weighted by molar-refractivity contribution is 6.30. The summed E-state index contributed by atoms with van der Waals surface area (Å²) in [7, 11) is 1.95. The zero-order valence-corrected chi connectivity index (χ0v) is 11.7. The van der Waals surface area contributed by atoms with Crippen LogP contribution in [0.15, 0.2) is 18.2 Å². The SMILES string of the molecule is CNC(CCc1ccc(Cl)cc1F)C(C)(C)C. The maximum atomic E-state index is 13.6. The van der Waals surface area contributed by atoms with E-state index in [0.717, 1.165) is 18.4 Å². The van der Waals surface area contributed by atoms with Crippen LogP contribution in [-0.2, 0) is 6.42 Å². The Morgan fingerprint density at radius 3 is 2.47 bits per heavy atom. The van der Waals surface area contributed by atoms with Crippen molar-refractivity contribution >= 4 is 11.6 Å². The summed E-state index contributed by atoms with van der Waals surface area (Å²) in [5.41, 5.74) is 0.913. The zero-order chi connectivity index (χ0) is 13.1. The highest BCUT2D eigenvalue weighted by Gasteiger charge is 2.22. The van der Waals surface area contributed by atoms with E-state index in [9.17, 15) is 4.39 Å². The fourth-order valence-corrected chi connectivity index (χ4v) is 2.19. The second kappa shape index (κ2) is 5.83. The van der Waals surface area contributed by atoms with Gasteiger partial charge in [-0.1, -0.05) is 38.4 Å². The number of nitrogens with one attached hydrogen (secondary N) is 1. The molecule has 0 amide bonds. The molecule has 1 rings (SSSR count). The average molecular weight is 258 g/mol. The molecule has 1 N–H and O–H groups in total. The van der Waals surface area contributed by atoms with E-state index in [1.165, 1.54) is 6.07 Å². The number of benzene rings is 1. The molecule has 1 nitrogen and oxygen atoms in total. The summed E-state index contributed by atoms with van der Waals surface area (Å²) in [6, 6.07) is 5.26. The molecule has 0 fully saturated rings. The molecule has 0 saturated heterocycles. The molecule has 3 heteroatoms. The molecule has 0 heterocycles. The fourth-order valence-electron chi connectivity index (χ4n) is 2.03. The van der Waals surface area contributed by atoms with Crippen LogP contribution >= 0.6 is 11.6 Å². The first-order chi connectivity index (χ1) is 7.84. The minimum absolute atomic E-state index is 0.178. The summed E-state index contributed by atoms with van der Waals surface area (Å²) in [6.45, 7) is 6.56. The molecule has 1 aromatic rings. The maximum absolute atomic E-state index is 13.6. The van der Waals surface area contributed by atoms with Crippen LogP contribution in [0.3, 0.4) is 0 Å². The van der Waals surface area contributed by atoms with Crippen LogP contribution in [0.25, 0.3) is 0 Å². The molecule has 1 unspecified atom stereocenters. The van der Waals surface area contributed by atoms with Crippen molar-refractivity contribution in [3.05, 3.63) is 34.6 Å². The van der Waals surface area contributed by atoms with Gasteiger partial charge in [0.1, 0.15) is 5.82 Å². The van der Waals surface area contributed by atoms with Crippen LogP contribution in [0.2, 0.25) is 5.02 Å². The Morgan fingerprint density at radius 2 is 2.00 bits per heavy atom. The van der Waals surface area contributed by atoms with Gasteiger partial charge in [0, 0.05) is 11.1 Å². The fraction of sp³-hybridized carbons (Fsp3) is 0.571. The smallest absolute Gasteiger partial charge is 0.127 e. The van der Waals surface area contributed by atoms with Gasteiger partial charge < -0.3 is 5.32 Å². The third kappa shape index (κ3) is 4.29. The Balaban J connectivity index is 2.66. The lowest BCUT2D eigenvalue weighted by Crippen LogP contribution is -2.38. The van der Waals surface area contributed by atoms with Gasteiger partial charge in [0.05, 0.1) is 0 Å². The molecule has 0 aliphatic rings. The first-order valence-corrected chi connectivity index (χ1v) is 6.33. The summed E-state index contributed by atoms with van der Waals surface area (Å²) in [5, 5.41) is 3.75. The highest BCUT2D eigenvalue weighted by atomic mass is 35.5. The van der Waals surface area contributed by atoms with E-state index in [0.29, 0.717) is 11.1 Å². The number of hydrogen-bond donors (Lipinski definition) is 1. The summed E-state index contributed by atoms with van der Waals surface area (Å²) in [5.74, 6) is -0.207. The minimum atomic E-state index is -0.207. The van der Waals surface area contributed by atoms with Crippen molar-refractivity contribution in [2.24, 2.45) is 5.41 Å². The summed E-state index contributed by atoms with van der Waals surface area (Å²) < 4.78 is 13.6. The van der Waals surface area contributed by atoms with Crippen LogP contribution in [0.4, 0.5) is 4.39 Å². The van der Waals surface area contributed by atoms with Crippen molar-refractivity contribution in [1.82, 2.24) is 5.32 Å². The van der Waals surface area contributed by atoms with E-state index in [1.54, 1.807) is 12.1 Å². The van der Waals surface area contributed by atoms with E-state index in [4.69, 9.17) is 11.6 Å². The molecule has 0 saturated carbocycles. The second-order valence-corrected chi connectivity index (χ2v) is 5.92. The normalized spacial score (nSPS) is 13.8. The van der Waals surface area contributed by atoms with Crippen molar-refractivity contribution in [2.45, 2.75) is 39.7 Å². The number of hydrogen-bond acceptors (Lipinski definition) is 1. The van der Waals surface area contributed by atoms with Crippen LogP contribution in [-0.4, -0.2) is 13.1 Å². The maximum Gasteiger partial charge on any atom is 0.127 e. The molecule has 0 radical (unpaired) electrons. The van der Waals surface area contributed by atoms with Gasteiger partial charge in [-0.2, -0.15) is 0 Å². The molecule has 1 aromatic carbocycles. The van der Waals surface area contributed by atoms with Crippen LogP contribution in [0.5, 0.6) is 0 Å². The molecule has 17 heavy (non-hydrogen) atoms. The quantitative estimate of drug-likeness (QED) is 0.858. The molecule has 96 valence electrons. The Morgan fingerprint density at radius 1 is 1.35 bits per heavy atom. The average Bonchev–Trinajstić information content (AvgIpc) is 2.19. The Labute approximate surface area is 108 Å². The van der Waals surface area contributed by atoms with E-state index >= 15 is 0 Å². The third-order valence-corrected chi connectivity index (χ3v) is 3.35. The monoisotopic (exact) mass is 257 g/mol. The van der Waals surface area contributed by atoms with Crippen molar-refractivity contribution in [2.75, 3.05) is 7.05 Å². The highest BCUT2D eigenvalue weighted by Crippen LogP contribution is 2.24. The summed E-state index contributed by atoms with van der Waals surface area (Å²) in [4.78, 5) is 0. The van der Waals surface area contributed by atoms with Gasteiger partial charge in [0.15, 0.2) is 0 Å². The first kappa shape index (κ1) is 14.5. The van der Waals surface area contributed by atoms with Gasteiger partial charge in [-0.15, -0.1) is 0 Å². The predicted molar refractivity (Wildman–Crippen MR) is 72.0 cm³/mol. The second-order valence-electron chi connectivity index (χ2n) is 5.48. The molecular weight excluding hydrogens is 237 g/mol. The topological polar surface area (TPSA) is 12.0 Å². The lowest BCUT2D eigenvalue weighted by atomic mass is 9.83. The Hall–Kier alpha value is -0.600.